The summed E-state index contributed by atoms with van der Waals surface area (Å²) in [5, 5.41) is 1.38. The zero-order chi connectivity index (χ0) is 11.0. The molecule has 2 N–H and O–H groups in total. The lowest BCUT2D eigenvalue weighted by atomic mass is 9.84. The molecule has 1 heterocycles. The Morgan fingerprint density at radius 3 is 2.62 bits per heavy atom. The fourth-order valence-electron chi connectivity index (χ4n) is 2.85. The third kappa shape index (κ3) is 1.48. The molecule has 0 amide bonds. The van der Waals surface area contributed by atoms with E-state index in [4.69, 9.17) is 5.73 Å². The van der Waals surface area contributed by atoms with Crippen LogP contribution >= 0.6 is 11.3 Å². The Morgan fingerprint density at radius 2 is 1.94 bits per heavy atom. The monoisotopic (exact) mass is 231 g/mol. The summed E-state index contributed by atoms with van der Waals surface area (Å²) in [6.07, 6.45) is 5.23. The molecule has 2 aromatic rings. The van der Waals surface area contributed by atoms with Crippen molar-refractivity contribution in [3.63, 3.8) is 0 Å². The van der Waals surface area contributed by atoms with Crippen molar-refractivity contribution in [1.82, 2.24) is 0 Å². The van der Waals surface area contributed by atoms with Crippen molar-refractivity contribution in [2.75, 3.05) is 6.54 Å². The van der Waals surface area contributed by atoms with Crippen molar-refractivity contribution in [3.05, 3.63) is 35.2 Å². The Labute approximate surface area is 100 Å². The first-order valence-corrected chi connectivity index (χ1v) is 6.85. The van der Waals surface area contributed by atoms with E-state index in [0.29, 0.717) is 5.41 Å². The zero-order valence-corrected chi connectivity index (χ0v) is 10.2. The first kappa shape index (κ1) is 10.3. The molecule has 0 bridgehead atoms. The summed E-state index contributed by atoms with van der Waals surface area (Å²) in [5.74, 6) is 0. The maximum atomic E-state index is 6.03. The number of hydrogen-bond acceptors (Lipinski definition) is 2. The highest BCUT2D eigenvalue weighted by Gasteiger charge is 2.35. The fourth-order valence-corrected chi connectivity index (χ4v) is 4.16. The van der Waals surface area contributed by atoms with E-state index in [9.17, 15) is 0 Å². The van der Waals surface area contributed by atoms with Gasteiger partial charge in [-0.15, -0.1) is 11.3 Å². The van der Waals surface area contributed by atoms with E-state index >= 15 is 0 Å². The maximum Gasteiger partial charge on any atom is 0.0345 e. The highest BCUT2D eigenvalue weighted by molar-refractivity contribution is 7.19. The highest BCUT2D eigenvalue weighted by atomic mass is 32.1. The molecule has 2 heteroatoms. The van der Waals surface area contributed by atoms with Crippen LogP contribution in [0, 0.1) is 0 Å². The topological polar surface area (TPSA) is 26.0 Å². The van der Waals surface area contributed by atoms with Crippen LogP contribution in [0.4, 0.5) is 0 Å². The fraction of sp³-hybridized carbons (Fsp3) is 0.429. The molecule has 0 aliphatic heterocycles. The van der Waals surface area contributed by atoms with Gasteiger partial charge in [0.05, 0.1) is 0 Å². The summed E-state index contributed by atoms with van der Waals surface area (Å²) in [7, 11) is 0. The van der Waals surface area contributed by atoms with E-state index in [2.05, 4.69) is 30.3 Å². The molecule has 0 saturated heterocycles. The quantitative estimate of drug-likeness (QED) is 0.838. The summed E-state index contributed by atoms with van der Waals surface area (Å²) in [6, 6.07) is 11.0. The maximum absolute atomic E-state index is 6.03. The molecule has 1 fully saturated rings. The number of benzene rings is 1. The molecule has 84 valence electrons. The van der Waals surface area contributed by atoms with Gasteiger partial charge in [0.25, 0.3) is 0 Å². The van der Waals surface area contributed by atoms with Crippen LogP contribution in [0.5, 0.6) is 0 Å². The number of hydrogen-bond donors (Lipinski definition) is 1. The number of nitrogens with two attached hydrogens (primary N) is 1. The van der Waals surface area contributed by atoms with Gasteiger partial charge in [-0.2, -0.15) is 0 Å². The number of thiophene rings is 1. The highest BCUT2D eigenvalue weighted by Crippen LogP contribution is 2.44. The minimum Gasteiger partial charge on any atom is -0.330 e. The van der Waals surface area contributed by atoms with Crippen molar-refractivity contribution in [1.29, 1.82) is 0 Å². The molecule has 1 aliphatic carbocycles. The first-order chi connectivity index (χ1) is 7.84. The van der Waals surface area contributed by atoms with Gasteiger partial charge < -0.3 is 5.73 Å². The Balaban J connectivity index is 2.10. The lowest BCUT2D eigenvalue weighted by Crippen LogP contribution is -2.30. The normalized spacial score (nSPS) is 19.3. The molecule has 0 radical (unpaired) electrons. The van der Waals surface area contributed by atoms with Gasteiger partial charge in [0, 0.05) is 21.5 Å². The minimum absolute atomic E-state index is 0.295. The van der Waals surface area contributed by atoms with Gasteiger partial charge in [0.2, 0.25) is 0 Å². The minimum atomic E-state index is 0.295. The summed E-state index contributed by atoms with van der Waals surface area (Å²) >= 11 is 1.94. The standard InChI is InChI=1S/C14H17NS/c15-10-14(7-3-4-8-14)13-9-11-5-1-2-6-12(11)16-13/h1-2,5-6,9H,3-4,7-8,10,15H2. The van der Waals surface area contributed by atoms with Crippen molar-refractivity contribution in [2.24, 2.45) is 5.73 Å². The molecule has 3 rings (SSSR count). The average molecular weight is 231 g/mol. The van der Waals surface area contributed by atoms with Crippen LogP contribution in [-0.4, -0.2) is 6.54 Å². The SMILES string of the molecule is NCC1(c2cc3ccccc3s2)CCCC1. The Bertz CT molecular complexity index is 461. The molecular weight excluding hydrogens is 214 g/mol. The van der Waals surface area contributed by atoms with Gasteiger partial charge in [0.15, 0.2) is 0 Å². The third-order valence-corrected chi connectivity index (χ3v) is 5.26. The molecule has 0 spiro atoms. The van der Waals surface area contributed by atoms with Gasteiger partial charge in [-0.1, -0.05) is 31.0 Å². The second-order valence-corrected chi connectivity index (χ2v) is 5.92. The third-order valence-electron chi connectivity index (χ3n) is 3.90. The molecule has 1 aromatic carbocycles. The van der Waals surface area contributed by atoms with E-state index in [1.807, 2.05) is 11.3 Å². The van der Waals surface area contributed by atoms with Gasteiger partial charge in [-0.05, 0) is 30.4 Å². The molecule has 1 aromatic heterocycles. The summed E-state index contributed by atoms with van der Waals surface area (Å²) in [4.78, 5) is 1.51. The Hall–Kier alpha value is -0.860. The van der Waals surface area contributed by atoms with Crippen LogP contribution in [0.3, 0.4) is 0 Å². The molecule has 1 aliphatic rings. The van der Waals surface area contributed by atoms with Crippen molar-refractivity contribution < 1.29 is 0 Å². The lowest BCUT2D eigenvalue weighted by Gasteiger charge is -2.25. The van der Waals surface area contributed by atoms with E-state index in [0.717, 1.165) is 6.54 Å². The summed E-state index contributed by atoms with van der Waals surface area (Å²) in [6.45, 7) is 0.805. The smallest absolute Gasteiger partial charge is 0.0345 e. The van der Waals surface area contributed by atoms with Gasteiger partial charge in [-0.3, -0.25) is 0 Å². The number of fused-ring (bicyclic) bond motifs is 1. The van der Waals surface area contributed by atoms with E-state index in [1.54, 1.807) is 0 Å². The number of rotatable bonds is 2. The lowest BCUT2D eigenvalue weighted by molar-refractivity contribution is 0.462. The molecule has 1 saturated carbocycles. The Morgan fingerprint density at radius 1 is 1.19 bits per heavy atom. The predicted octanol–water partition coefficient (Wildman–Crippen LogP) is 3.67. The van der Waals surface area contributed by atoms with Crippen LogP contribution in [0.1, 0.15) is 30.6 Å². The van der Waals surface area contributed by atoms with Gasteiger partial charge in [0.1, 0.15) is 0 Å². The van der Waals surface area contributed by atoms with Crippen LogP contribution in [0.25, 0.3) is 10.1 Å². The van der Waals surface area contributed by atoms with Gasteiger partial charge >= 0.3 is 0 Å². The first-order valence-electron chi connectivity index (χ1n) is 6.03. The molecule has 0 atom stereocenters. The Kier molecular flexibility index (Phi) is 2.49. The molecule has 0 unspecified atom stereocenters. The van der Waals surface area contributed by atoms with E-state index < -0.39 is 0 Å². The van der Waals surface area contributed by atoms with Crippen LogP contribution in [-0.2, 0) is 5.41 Å². The van der Waals surface area contributed by atoms with Crippen LogP contribution in [0.15, 0.2) is 30.3 Å². The summed E-state index contributed by atoms with van der Waals surface area (Å²) in [5.41, 5.74) is 6.32. The van der Waals surface area contributed by atoms with Crippen LogP contribution in [0.2, 0.25) is 0 Å². The molecular formula is C14H17NS. The second kappa shape index (κ2) is 3.86. The van der Waals surface area contributed by atoms with Crippen molar-refractivity contribution in [3.8, 4) is 0 Å². The van der Waals surface area contributed by atoms with Crippen LogP contribution < -0.4 is 5.73 Å². The second-order valence-electron chi connectivity index (χ2n) is 4.84. The average Bonchev–Trinajstić information content (AvgIpc) is 2.96. The zero-order valence-electron chi connectivity index (χ0n) is 9.41. The van der Waals surface area contributed by atoms with E-state index in [1.165, 1.54) is 40.6 Å². The van der Waals surface area contributed by atoms with Gasteiger partial charge in [-0.25, -0.2) is 0 Å². The predicted molar refractivity (Wildman–Crippen MR) is 71.0 cm³/mol. The van der Waals surface area contributed by atoms with E-state index in [-0.39, 0.29) is 0 Å². The summed E-state index contributed by atoms with van der Waals surface area (Å²) < 4.78 is 1.40. The van der Waals surface area contributed by atoms with Crippen molar-refractivity contribution in [2.45, 2.75) is 31.1 Å². The largest absolute Gasteiger partial charge is 0.330 e. The molecule has 1 nitrogen and oxygen atoms in total. The molecule has 16 heavy (non-hydrogen) atoms. The van der Waals surface area contributed by atoms with Crippen molar-refractivity contribution >= 4 is 21.4 Å².